The summed E-state index contributed by atoms with van der Waals surface area (Å²) in [5.41, 5.74) is 1.57. The average Bonchev–Trinajstić information content (AvgIpc) is 3.16. The highest BCUT2D eigenvalue weighted by atomic mass is 32.2. The molecule has 0 spiro atoms. The number of imidazole rings is 1. The fraction of sp³-hybridized carbons (Fsp3) is 0.158. The molecule has 0 aliphatic heterocycles. The van der Waals surface area contributed by atoms with E-state index in [2.05, 4.69) is 25.3 Å². The Bertz CT molecular complexity index is 1340. The Morgan fingerprint density at radius 3 is 2.42 bits per heavy atom. The number of nitrogens with two attached hydrogens (primary N) is 1. The highest BCUT2D eigenvalue weighted by Crippen LogP contribution is 2.29. The molecular formula is C19H19N7O4S. The predicted octanol–water partition coefficient (Wildman–Crippen LogP) is 1.49. The minimum Gasteiger partial charge on any atom is -0.468 e. The van der Waals surface area contributed by atoms with Crippen LogP contribution in [-0.4, -0.2) is 47.1 Å². The van der Waals surface area contributed by atoms with Crippen molar-refractivity contribution in [3.63, 3.8) is 0 Å². The van der Waals surface area contributed by atoms with E-state index in [0.29, 0.717) is 12.1 Å². The zero-order valence-electron chi connectivity index (χ0n) is 16.7. The molecule has 4 rings (SSSR count). The van der Waals surface area contributed by atoms with Crippen LogP contribution >= 0.6 is 0 Å². The molecule has 2 heterocycles. The lowest BCUT2D eigenvalue weighted by Crippen LogP contribution is -2.13. The fourth-order valence-electron chi connectivity index (χ4n) is 3.01. The maximum Gasteiger partial charge on any atom is 0.322 e. The number of nitrogens with one attached hydrogen (secondary N) is 1. The smallest absolute Gasteiger partial charge is 0.322 e. The van der Waals surface area contributed by atoms with Gasteiger partial charge in [-0.3, -0.25) is 0 Å². The third-order valence-electron chi connectivity index (χ3n) is 4.39. The number of fused-ring (bicyclic) bond motifs is 1. The summed E-state index contributed by atoms with van der Waals surface area (Å²) >= 11 is 0. The second kappa shape index (κ2) is 8.16. The number of anilines is 1. The van der Waals surface area contributed by atoms with E-state index >= 15 is 0 Å². The van der Waals surface area contributed by atoms with Crippen molar-refractivity contribution in [3.8, 4) is 18.0 Å². The van der Waals surface area contributed by atoms with Crippen LogP contribution in [0, 0.1) is 0 Å². The topological polar surface area (TPSA) is 147 Å². The van der Waals surface area contributed by atoms with Gasteiger partial charge in [0.05, 0.1) is 19.7 Å². The van der Waals surface area contributed by atoms with Crippen molar-refractivity contribution >= 4 is 27.0 Å². The van der Waals surface area contributed by atoms with E-state index in [0.717, 1.165) is 5.56 Å². The number of nitrogens with zero attached hydrogens (tertiary/aromatic N) is 5. The molecule has 0 saturated heterocycles. The number of sulfonamides is 1. The molecule has 2 aromatic carbocycles. The summed E-state index contributed by atoms with van der Waals surface area (Å²) in [6, 6.07) is 14.4. The van der Waals surface area contributed by atoms with E-state index in [1.54, 1.807) is 12.1 Å². The Kier molecular flexibility index (Phi) is 5.40. The SMILES string of the molecule is COc1nc(NCc2ccccc2)nc(-n2c(OC)nc3c(S(N)(=O)=O)cccc32)n1. The third-order valence-corrected chi connectivity index (χ3v) is 5.33. The lowest BCUT2D eigenvalue weighted by Gasteiger charge is -2.10. The van der Waals surface area contributed by atoms with Gasteiger partial charge in [-0.15, -0.1) is 0 Å². The van der Waals surface area contributed by atoms with Crippen LogP contribution in [-0.2, 0) is 16.6 Å². The Labute approximate surface area is 177 Å². The van der Waals surface area contributed by atoms with Crippen molar-refractivity contribution in [1.29, 1.82) is 0 Å². The number of hydrogen-bond donors (Lipinski definition) is 2. The minimum absolute atomic E-state index is 0.0621. The summed E-state index contributed by atoms with van der Waals surface area (Å²) < 4.78 is 36.0. The zero-order valence-corrected chi connectivity index (χ0v) is 17.5. The number of aromatic nitrogens is 5. The molecule has 0 fully saturated rings. The van der Waals surface area contributed by atoms with Gasteiger partial charge in [-0.1, -0.05) is 36.4 Å². The highest BCUT2D eigenvalue weighted by molar-refractivity contribution is 7.89. The van der Waals surface area contributed by atoms with Crippen LogP contribution in [0.2, 0.25) is 0 Å². The number of methoxy groups -OCH3 is 2. The maximum absolute atomic E-state index is 12.0. The van der Waals surface area contributed by atoms with E-state index in [9.17, 15) is 8.42 Å². The molecule has 11 nitrogen and oxygen atoms in total. The monoisotopic (exact) mass is 441 g/mol. The lowest BCUT2D eigenvalue weighted by molar-refractivity contribution is 0.366. The van der Waals surface area contributed by atoms with Crippen molar-refractivity contribution in [2.75, 3.05) is 19.5 Å². The Hall–Kier alpha value is -3.77. The van der Waals surface area contributed by atoms with Gasteiger partial charge in [0.25, 0.3) is 0 Å². The van der Waals surface area contributed by atoms with Crippen molar-refractivity contribution in [3.05, 3.63) is 54.1 Å². The molecule has 0 unspecified atom stereocenters. The van der Waals surface area contributed by atoms with Crippen LogP contribution in [0.3, 0.4) is 0 Å². The Morgan fingerprint density at radius 1 is 0.968 bits per heavy atom. The summed E-state index contributed by atoms with van der Waals surface area (Å²) in [4.78, 5) is 17.1. The number of primary sulfonamides is 1. The van der Waals surface area contributed by atoms with Crippen molar-refractivity contribution in [1.82, 2.24) is 24.5 Å². The second-order valence-electron chi connectivity index (χ2n) is 6.39. The largest absolute Gasteiger partial charge is 0.468 e. The van der Waals surface area contributed by atoms with Gasteiger partial charge in [-0.05, 0) is 17.7 Å². The molecule has 0 saturated carbocycles. The number of ether oxygens (including phenoxy) is 2. The molecule has 0 aliphatic rings. The molecule has 3 N–H and O–H groups in total. The van der Waals surface area contributed by atoms with Gasteiger partial charge in [0.1, 0.15) is 10.4 Å². The zero-order chi connectivity index (χ0) is 22.0. The first-order chi connectivity index (χ1) is 14.9. The number of hydrogen-bond acceptors (Lipinski definition) is 9. The van der Waals surface area contributed by atoms with Gasteiger partial charge in [-0.25, -0.2) is 18.1 Å². The summed E-state index contributed by atoms with van der Waals surface area (Å²) in [5.74, 6) is 0.394. The fourth-order valence-corrected chi connectivity index (χ4v) is 3.69. The van der Waals surface area contributed by atoms with E-state index < -0.39 is 10.0 Å². The second-order valence-corrected chi connectivity index (χ2v) is 7.92. The summed E-state index contributed by atoms with van der Waals surface area (Å²) in [6.45, 7) is 0.477. The van der Waals surface area contributed by atoms with Crippen molar-refractivity contribution < 1.29 is 17.9 Å². The molecule has 0 bridgehead atoms. The normalized spacial score (nSPS) is 11.5. The lowest BCUT2D eigenvalue weighted by atomic mass is 10.2. The van der Waals surface area contributed by atoms with Crippen LogP contribution in [0.1, 0.15) is 5.56 Å². The molecular weight excluding hydrogens is 422 g/mol. The molecule has 0 aliphatic carbocycles. The summed E-state index contributed by atoms with van der Waals surface area (Å²) in [7, 11) is -1.17. The average molecular weight is 441 g/mol. The van der Waals surface area contributed by atoms with Crippen LogP contribution in [0.5, 0.6) is 12.0 Å². The quantitative estimate of drug-likeness (QED) is 0.435. The first-order valence-electron chi connectivity index (χ1n) is 9.07. The molecule has 4 aromatic rings. The molecule has 0 radical (unpaired) electrons. The van der Waals surface area contributed by atoms with E-state index in [1.165, 1.54) is 24.9 Å². The van der Waals surface area contributed by atoms with Crippen LogP contribution in [0.4, 0.5) is 5.95 Å². The molecule has 31 heavy (non-hydrogen) atoms. The van der Waals surface area contributed by atoms with Crippen LogP contribution < -0.4 is 19.9 Å². The van der Waals surface area contributed by atoms with Gasteiger partial charge in [-0.2, -0.15) is 19.9 Å². The van der Waals surface area contributed by atoms with Gasteiger partial charge < -0.3 is 14.8 Å². The highest BCUT2D eigenvalue weighted by Gasteiger charge is 2.22. The first kappa shape index (κ1) is 20.5. The molecule has 0 atom stereocenters. The van der Waals surface area contributed by atoms with Gasteiger partial charge in [0.15, 0.2) is 0 Å². The van der Waals surface area contributed by atoms with Gasteiger partial charge >= 0.3 is 12.0 Å². The van der Waals surface area contributed by atoms with Gasteiger partial charge in [0.2, 0.25) is 21.9 Å². The minimum atomic E-state index is -4.01. The number of rotatable bonds is 7. The maximum atomic E-state index is 12.0. The summed E-state index contributed by atoms with van der Waals surface area (Å²) in [5, 5.41) is 8.46. The standard InChI is InChI=1S/C19H19N7O4S/c1-29-18-24-16(21-11-12-7-4-3-5-8-12)23-17(25-18)26-13-9-6-10-14(31(20,27)28)15(13)22-19(26)30-2/h3-10H,11H2,1-2H3,(H2,20,27,28)(H,21,23,24,25). The van der Waals surface area contributed by atoms with E-state index in [-0.39, 0.29) is 34.3 Å². The van der Waals surface area contributed by atoms with Crippen molar-refractivity contribution in [2.24, 2.45) is 5.14 Å². The third kappa shape index (κ3) is 4.11. The van der Waals surface area contributed by atoms with E-state index in [4.69, 9.17) is 14.6 Å². The summed E-state index contributed by atoms with van der Waals surface area (Å²) in [6.07, 6.45) is 0. The number of para-hydroxylation sites is 1. The molecule has 12 heteroatoms. The molecule has 2 aromatic heterocycles. The van der Waals surface area contributed by atoms with Crippen molar-refractivity contribution in [2.45, 2.75) is 11.4 Å². The molecule has 160 valence electrons. The molecule has 0 amide bonds. The Balaban J connectivity index is 1.83. The van der Waals surface area contributed by atoms with Crippen LogP contribution in [0.25, 0.3) is 17.0 Å². The number of benzene rings is 2. The predicted molar refractivity (Wildman–Crippen MR) is 113 cm³/mol. The van der Waals surface area contributed by atoms with Crippen LogP contribution in [0.15, 0.2) is 53.4 Å². The Morgan fingerprint density at radius 2 is 1.74 bits per heavy atom. The van der Waals surface area contributed by atoms with Gasteiger partial charge in [0, 0.05) is 6.54 Å². The van der Waals surface area contributed by atoms with E-state index in [1.807, 2.05) is 30.3 Å². The first-order valence-corrected chi connectivity index (χ1v) is 10.6.